The molecule has 0 radical (unpaired) electrons. The molecule has 1 aromatic carbocycles. The zero-order chi connectivity index (χ0) is 88.2. The summed E-state index contributed by atoms with van der Waals surface area (Å²) in [4.78, 5) is 247. The molecule has 29 N–H and O–H groups in total. The minimum atomic E-state index is -5.50. The highest BCUT2D eigenvalue weighted by Crippen LogP contribution is 2.36. The molecule has 5 rings (SSSR count). The van der Waals surface area contributed by atoms with Crippen molar-refractivity contribution in [3.63, 3.8) is 0 Å². The molecule has 14 atom stereocenters. The van der Waals surface area contributed by atoms with Crippen LogP contribution in [0.15, 0.2) is 34.3 Å². The van der Waals surface area contributed by atoms with Gasteiger partial charge in [0.25, 0.3) is 0 Å². The molecule has 4 aliphatic rings. The molecule has 4 heterocycles. The lowest BCUT2D eigenvalue weighted by atomic mass is 9.99. The number of benzene rings is 1. The molecule has 0 aromatic heterocycles. The Labute approximate surface area is 693 Å². The number of primary amides is 1. The molecule has 664 valence electrons. The van der Waals surface area contributed by atoms with Gasteiger partial charge in [0.05, 0.1) is 45.0 Å². The quantitative estimate of drug-likeness (QED) is 0.00947. The number of unbranched alkanes of at least 4 members (excludes halogenated alkanes) is 1. The zero-order valence-corrected chi connectivity index (χ0v) is 68.8. The average Bonchev–Trinajstić information content (AvgIpc) is 1.68. The summed E-state index contributed by atoms with van der Waals surface area (Å²) in [5.41, 5.74) is 27.9. The lowest BCUT2D eigenvalue weighted by molar-refractivity contribution is -0.144. The summed E-state index contributed by atoms with van der Waals surface area (Å²) in [5.74, 6) is -15.1. The second-order valence-electron chi connectivity index (χ2n) is 29.1. The molecule has 16 amide bonds. The Bertz CT molecular complexity index is 3820. The third-order valence-corrected chi connectivity index (χ3v) is 22.0. The van der Waals surface area contributed by atoms with Crippen molar-refractivity contribution in [2.75, 3.05) is 76.9 Å². The number of aliphatic imine (C=N–C) groups is 2. The second kappa shape index (κ2) is 49.9. The summed E-state index contributed by atoms with van der Waals surface area (Å²) < 4.78 is 17.0. The number of urea groups is 1. The Kier molecular flexibility index (Phi) is 41.6. The fourth-order valence-corrected chi connectivity index (χ4v) is 15.7. The first kappa shape index (κ1) is 99.2. The maximum atomic E-state index is 14.9. The van der Waals surface area contributed by atoms with E-state index in [0.717, 1.165) is 22.0 Å². The number of guanidine groups is 2. The topological polar surface area (TPSA) is 738 Å². The van der Waals surface area contributed by atoms with Gasteiger partial charge in [-0.05, 0) is 119 Å². The predicted molar refractivity (Wildman–Crippen MR) is 429 cm³/mol. The van der Waals surface area contributed by atoms with Crippen molar-refractivity contribution in [3.8, 4) is 5.75 Å². The maximum absolute atomic E-state index is 14.9. The van der Waals surface area contributed by atoms with E-state index in [1.807, 2.05) is 0 Å². The molecule has 0 unspecified atom stereocenters. The van der Waals surface area contributed by atoms with Crippen LogP contribution >= 0.6 is 31.3 Å². The number of carbonyl (C=O) groups is 16. The van der Waals surface area contributed by atoms with Gasteiger partial charge in [0.2, 0.25) is 82.7 Å². The van der Waals surface area contributed by atoms with Gasteiger partial charge in [-0.15, -0.1) is 0 Å². The Morgan fingerprint density at radius 3 is 1.61 bits per heavy atom. The number of phenolic OH excluding ortho intramolecular Hbond substituents is 1. The van der Waals surface area contributed by atoms with Gasteiger partial charge in [-0.25, -0.2) is 9.36 Å². The fourth-order valence-electron chi connectivity index (χ4n) is 13.3. The number of phosphoric ester groups is 1. The molecule has 46 nitrogen and oxygen atoms in total. The summed E-state index contributed by atoms with van der Waals surface area (Å²) in [7, 11) is -5.50. The number of thioether (sulfide) groups is 2. The Hall–Kier alpha value is -10.4. The first-order chi connectivity index (χ1) is 56.3. The SMILES string of the molecule is CSCC[C@H](NC(=O)[C@H](CO)NC(=O)[C@@H]1CCCN1C(=O)[C@H](COP(=O)(O)O)NC(=O)[C@H](CCCN=C(N)N)NC(=O)[C@H](Cc1ccc(O)cc1)NC(=O)[C@H](CC(C)C)NC(=O)[C@H](CCCN=C(N)N)NC(=O)[C@H](CO)NC(=O)CNC(=O)CNC(=O)CCCC[C@@H]1SC[C@@H]2NC(=O)N[C@@H]21)C(=O)N1CCC[C@H]1C(=O)N[C@@H](CCC(=O)O)C(N)=O. The molecule has 49 heteroatoms. The molecular formula is C70H113N22O24PS2. The monoisotopic (exact) mass is 1740 g/mol. The Morgan fingerprint density at radius 2 is 1.08 bits per heavy atom. The number of phosphoric acid groups is 1. The van der Waals surface area contributed by atoms with Crippen LogP contribution in [0.1, 0.15) is 122 Å². The molecule has 1 aromatic rings. The number of nitrogens with two attached hydrogens (primary N) is 5. The van der Waals surface area contributed by atoms with E-state index in [9.17, 15) is 106 Å². The number of likely N-dealkylation sites (tertiary alicyclic amines) is 2. The summed E-state index contributed by atoms with van der Waals surface area (Å²) in [6, 6.07) is -12.6. The Morgan fingerprint density at radius 1 is 0.588 bits per heavy atom. The number of carbonyl (C=O) groups excluding carboxylic acids is 15. The molecule has 119 heavy (non-hydrogen) atoms. The van der Waals surface area contributed by atoms with Gasteiger partial charge >= 0.3 is 19.8 Å². The summed E-state index contributed by atoms with van der Waals surface area (Å²) >= 11 is 3.03. The van der Waals surface area contributed by atoms with E-state index in [1.54, 1.807) is 31.9 Å². The summed E-state index contributed by atoms with van der Waals surface area (Å²) in [6.07, 6.45) is 1.96. The number of hydrogen-bond donors (Lipinski definition) is 24. The first-order valence-electron chi connectivity index (χ1n) is 38.7. The van der Waals surface area contributed by atoms with Crippen molar-refractivity contribution in [1.29, 1.82) is 0 Å². The van der Waals surface area contributed by atoms with E-state index in [0.29, 0.717) is 24.8 Å². The molecule has 0 bridgehead atoms. The molecule has 4 aliphatic heterocycles. The van der Waals surface area contributed by atoms with Crippen molar-refractivity contribution >= 4 is 138 Å². The van der Waals surface area contributed by atoms with Gasteiger partial charge < -0.3 is 138 Å². The number of aliphatic hydroxyl groups is 2. The largest absolute Gasteiger partial charge is 0.508 e. The van der Waals surface area contributed by atoms with Crippen LogP contribution < -0.4 is 97.8 Å². The predicted octanol–water partition coefficient (Wildman–Crippen LogP) is -8.41. The van der Waals surface area contributed by atoms with Gasteiger partial charge in [0.1, 0.15) is 72.2 Å². The number of rotatable bonds is 52. The minimum Gasteiger partial charge on any atom is -0.508 e. The maximum Gasteiger partial charge on any atom is 0.469 e. The van der Waals surface area contributed by atoms with E-state index in [4.69, 9.17) is 38.3 Å². The van der Waals surface area contributed by atoms with Gasteiger partial charge in [-0.2, -0.15) is 23.5 Å². The number of hydrogen-bond acceptors (Lipinski definition) is 25. The standard InChI is InChI=1S/C70H113N22O24PS2/c1-36(2)28-43(85-58(102)40(10-6-23-76-68(72)73)83-62(106)45(32-93)80-54(98)31-79-53(97)30-78-52(96)15-5-4-14-51-56-48(35-119-51)89-70(112)90-56)60(104)86-44(29-37-16-18-38(95)19-17-37)61(105)82-41(11-7-24-77-69(74)75)59(103)88-47(34-116-117(113,114)115)67(111)92-26-9-13-50(92)65(109)87-46(33-94)63(107)84-42(22-27-118-3)66(110)91-25-8-12-49(91)64(108)81-39(57(71)101)20-21-55(99)100/h16-19,36,39-51,56,93-95H,4-15,20-35H2,1-3H3,(H2,71,101)(H,78,96)(H,79,97)(H,80,98)(H,81,108)(H,82,105)(H,83,106)(H,84,107)(H,85,102)(H,86,104)(H,87,109)(H,88,103)(H,99,100)(H4,72,73,76)(H4,74,75,77)(H2,89,90,112)(H2,113,114,115)/t39-,40-,41-,42-,43-,44-,45-,46-,47-,48-,49-,50-,51-,56-/m0/s1. The first-order valence-corrected chi connectivity index (χ1v) is 42.6. The highest BCUT2D eigenvalue weighted by Gasteiger charge is 2.45. The average molecular weight is 1740 g/mol. The van der Waals surface area contributed by atoms with Crippen molar-refractivity contribution in [2.45, 2.75) is 207 Å². The number of amides is 16. The van der Waals surface area contributed by atoms with Crippen LogP contribution in [-0.2, 0) is 87.4 Å². The van der Waals surface area contributed by atoms with Gasteiger partial charge in [0, 0.05) is 56.4 Å². The van der Waals surface area contributed by atoms with E-state index < -0.39 is 215 Å². The van der Waals surface area contributed by atoms with Crippen molar-refractivity contribution < 1.29 is 116 Å². The third-order valence-electron chi connectivity index (χ3n) is 19.4. The van der Waals surface area contributed by atoms with Crippen LogP contribution in [-0.4, -0.2) is 307 Å². The van der Waals surface area contributed by atoms with E-state index in [1.165, 1.54) is 36.0 Å². The van der Waals surface area contributed by atoms with Gasteiger partial charge in [-0.3, -0.25) is 86.4 Å². The molecule has 0 saturated carbocycles. The highest BCUT2D eigenvalue weighted by molar-refractivity contribution is 8.00. The van der Waals surface area contributed by atoms with Crippen molar-refractivity contribution in [3.05, 3.63) is 29.8 Å². The van der Waals surface area contributed by atoms with Crippen molar-refractivity contribution in [1.82, 2.24) is 78.9 Å². The number of aliphatic carboxylic acids is 1. The minimum absolute atomic E-state index is 0.00685. The number of fused-ring (bicyclic) bond motifs is 1. The number of carboxylic acids is 1. The zero-order valence-electron chi connectivity index (χ0n) is 66.2. The fraction of sp³-hybridized carbons (Fsp3) is 0.657. The summed E-state index contributed by atoms with van der Waals surface area (Å²) in [5, 5.41) is 73.0. The number of carboxylic acid groups (broad SMARTS) is 1. The van der Waals surface area contributed by atoms with Crippen LogP contribution in [0.25, 0.3) is 0 Å². The third kappa shape index (κ3) is 34.5. The number of phenols is 1. The van der Waals surface area contributed by atoms with Crippen LogP contribution in [0.5, 0.6) is 5.75 Å². The molecular weight excluding hydrogens is 1630 g/mol. The Balaban J connectivity index is 1.31. The van der Waals surface area contributed by atoms with Crippen LogP contribution in [0.3, 0.4) is 0 Å². The second-order valence-corrected chi connectivity index (χ2v) is 32.6. The lowest BCUT2D eigenvalue weighted by Gasteiger charge is -2.31. The number of nitrogens with one attached hydrogen (secondary N) is 13. The lowest BCUT2D eigenvalue weighted by Crippen LogP contribution is -2.61. The molecule has 4 saturated heterocycles. The smallest absolute Gasteiger partial charge is 0.469 e. The van der Waals surface area contributed by atoms with Crippen LogP contribution in [0, 0.1) is 5.92 Å². The normalized spacial score (nSPS) is 19.0. The molecule has 0 spiro atoms. The summed E-state index contributed by atoms with van der Waals surface area (Å²) in [6.45, 7) is -1.77. The van der Waals surface area contributed by atoms with E-state index in [2.05, 4.69) is 79.1 Å². The van der Waals surface area contributed by atoms with E-state index in [-0.39, 0.29) is 144 Å². The van der Waals surface area contributed by atoms with E-state index >= 15 is 0 Å². The molecule has 4 fully saturated rings. The van der Waals surface area contributed by atoms with Crippen LogP contribution in [0.2, 0.25) is 0 Å². The molecule has 0 aliphatic carbocycles. The van der Waals surface area contributed by atoms with Crippen LogP contribution in [0.4, 0.5) is 4.79 Å². The number of nitrogens with zero attached hydrogens (tertiary/aromatic N) is 4. The number of aromatic hydroxyl groups is 1. The van der Waals surface area contributed by atoms with Crippen molar-refractivity contribution in [2.24, 2.45) is 44.6 Å². The number of aliphatic hydroxyl groups excluding tert-OH is 2. The highest BCUT2D eigenvalue weighted by atomic mass is 32.2. The van der Waals surface area contributed by atoms with Gasteiger partial charge in [-0.1, -0.05) is 32.4 Å². The van der Waals surface area contributed by atoms with Gasteiger partial charge in [0.15, 0.2) is 11.9 Å².